The molecule has 1 aromatic heterocycles. The first-order valence-corrected chi connectivity index (χ1v) is 13.0. The van der Waals surface area contributed by atoms with Crippen LogP contribution in [0.3, 0.4) is 0 Å². The van der Waals surface area contributed by atoms with Crippen molar-refractivity contribution in [2.75, 3.05) is 20.8 Å². The van der Waals surface area contributed by atoms with Gasteiger partial charge in [0.25, 0.3) is 5.91 Å². The highest BCUT2D eigenvalue weighted by molar-refractivity contribution is 7.89. The van der Waals surface area contributed by atoms with Gasteiger partial charge in [0.15, 0.2) is 4.80 Å². The number of esters is 1. The normalized spacial score (nSPS) is 17.3. The van der Waals surface area contributed by atoms with Gasteiger partial charge in [0.05, 0.1) is 34.9 Å². The van der Waals surface area contributed by atoms with Gasteiger partial charge in [-0.05, 0) is 62.2 Å². The molecule has 1 saturated heterocycles. The Hall–Kier alpha value is -3.02. The molecule has 4 rings (SSSR count). The molecule has 0 spiro atoms. The number of rotatable bonds is 6. The quantitative estimate of drug-likeness (QED) is 0.479. The third-order valence-electron chi connectivity index (χ3n) is 5.78. The monoisotopic (exact) mass is 503 g/mol. The largest absolute Gasteiger partial charge is 0.497 e. The topological polar surface area (TPSA) is 107 Å². The zero-order valence-electron chi connectivity index (χ0n) is 19.1. The van der Waals surface area contributed by atoms with Crippen molar-refractivity contribution >= 4 is 43.5 Å². The maximum atomic E-state index is 13.2. The van der Waals surface area contributed by atoms with E-state index in [4.69, 9.17) is 9.47 Å². The molecule has 0 saturated carbocycles. The molecular weight excluding hydrogens is 478 g/mol. The number of thiazole rings is 1. The van der Waals surface area contributed by atoms with Crippen LogP contribution in [0.5, 0.6) is 5.75 Å². The van der Waals surface area contributed by atoms with Crippen molar-refractivity contribution in [3.05, 3.63) is 52.8 Å². The average Bonchev–Trinajstić information content (AvgIpc) is 3.48. The van der Waals surface area contributed by atoms with Crippen LogP contribution in [0.2, 0.25) is 0 Å². The summed E-state index contributed by atoms with van der Waals surface area (Å²) in [5.74, 6) is -0.401. The number of ether oxygens (including phenoxy) is 2. The molecule has 34 heavy (non-hydrogen) atoms. The van der Waals surface area contributed by atoms with Crippen LogP contribution in [-0.4, -0.2) is 56.0 Å². The lowest BCUT2D eigenvalue weighted by Crippen LogP contribution is -2.40. The van der Waals surface area contributed by atoms with Crippen LogP contribution in [0.15, 0.2) is 52.4 Å². The van der Waals surface area contributed by atoms with E-state index in [2.05, 4.69) is 4.99 Å². The predicted octanol–water partition coefficient (Wildman–Crippen LogP) is 2.80. The highest BCUT2D eigenvalue weighted by Gasteiger charge is 2.39. The average molecular weight is 504 g/mol. The lowest BCUT2D eigenvalue weighted by atomic mass is 10.2. The Balaban J connectivity index is 1.69. The van der Waals surface area contributed by atoms with Gasteiger partial charge in [0.1, 0.15) is 11.8 Å². The van der Waals surface area contributed by atoms with Crippen LogP contribution < -0.4 is 9.54 Å². The number of benzene rings is 2. The molecule has 0 bridgehead atoms. The van der Waals surface area contributed by atoms with Gasteiger partial charge in [0.2, 0.25) is 10.0 Å². The van der Waals surface area contributed by atoms with Crippen LogP contribution >= 0.6 is 11.3 Å². The zero-order chi connectivity index (χ0) is 24.5. The van der Waals surface area contributed by atoms with E-state index in [1.165, 1.54) is 42.0 Å². The van der Waals surface area contributed by atoms with Gasteiger partial charge >= 0.3 is 5.97 Å². The standard InChI is InChI=1S/C23H25N3O6S2/c1-4-25-18-12-7-15(22(28)32-3)14-20(18)33-23(25)24-21(27)19-6-5-13-26(19)34(29,30)17-10-8-16(31-2)9-11-17/h7-12,14,19H,4-6,13H2,1-3H3. The number of carbonyl (C=O) groups excluding carboxylic acids is 2. The first kappa shape index (κ1) is 24.1. The lowest BCUT2D eigenvalue weighted by Gasteiger charge is -2.21. The van der Waals surface area contributed by atoms with Gasteiger partial charge in [0, 0.05) is 13.1 Å². The molecule has 1 aliphatic heterocycles. The Labute approximate surface area is 201 Å². The molecule has 1 unspecified atom stereocenters. The fourth-order valence-corrected chi connectivity index (χ4v) is 6.82. The predicted molar refractivity (Wildman–Crippen MR) is 127 cm³/mol. The molecule has 2 heterocycles. The third kappa shape index (κ3) is 4.38. The van der Waals surface area contributed by atoms with Gasteiger partial charge in [-0.1, -0.05) is 11.3 Å². The molecule has 2 aromatic carbocycles. The summed E-state index contributed by atoms with van der Waals surface area (Å²) >= 11 is 1.27. The summed E-state index contributed by atoms with van der Waals surface area (Å²) in [4.78, 5) is 30.0. The van der Waals surface area contributed by atoms with Crippen LogP contribution in [0.4, 0.5) is 0 Å². The van der Waals surface area contributed by atoms with Crippen LogP contribution in [0.25, 0.3) is 10.2 Å². The molecule has 11 heteroatoms. The highest BCUT2D eigenvalue weighted by atomic mass is 32.2. The molecule has 1 aliphatic rings. The molecule has 1 atom stereocenters. The fraction of sp³-hybridized carbons (Fsp3) is 0.348. The van der Waals surface area contributed by atoms with Crippen molar-refractivity contribution < 1.29 is 27.5 Å². The third-order valence-corrected chi connectivity index (χ3v) is 8.74. The van der Waals surface area contributed by atoms with Crippen molar-refractivity contribution in [2.45, 2.75) is 37.2 Å². The van der Waals surface area contributed by atoms with Crippen LogP contribution in [0, 0.1) is 0 Å². The van der Waals surface area contributed by atoms with E-state index in [1.807, 2.05) is 11.5 Å². The van der Waals surface area contributed by atoms with Gasteiger partial charge < -0.3 is 14.0 Å². The minimum atomic E-state index is -3.87. The van der Waals surface area contributed by atoms with Gasteiger partial charge in [-0.25, -0.2) is 13.2 Å². The van der Waals surface area contributed by atoms with E-state index in [0.29, 0.717) is 35.5 Å². The van der Waals surface area contributed by atoms with E-state index in [-0.39, 0.29) is 11.4 Å². The molecular formula is C23H25N3O6S2. The van der Waals surface area contributed by atoms with E-state index < -0.39 is 27.9 Å². The molecule has 0 aliphatic carbocycles. The first-order valence-electron chi connectivity index (χ1n) is 10.8. The Morgan fingerprint density at radius 2 is 1.88 bits per heavy atom. The molecule has 180 valence electrons. The minimum absolute atomic E-state index is 0.105. The number of hydrogen-bond acceptors (Lipinski definition) is 7. The second-order valence-electron chi connectivity index (χ2n) is 7.70. The van der Waals surface area contributed by atoms with Crippen molar-refractivity contribution in [1.29, 1.82) is 0 Å². The summed E-state index contributed by atoms with van der Waals surface area (Å²) in [7, 11) is -1.04. The van der Waals surface area contributed by atoms with E-state index >= 15 is 0 Å². The molecule has 1 amide bonds. The lowest BCUT2D eigenvalue weighted by molar-refractivity contribution is -0.121. The summed E-state index contributed by atoms with van der Waals surface area (Å²) < 4.78 is 40.3. The summed E-state index contributed by atoms with van der Waals surface area (Å²) in [6.45, 7) is 2.74. The van der Waals surface area contributed by atoms with E-state index in [1.54, 1.807) is 30.3 Å². The summed E-state index contributed by atoms with van der Waals surface area (Å²) in [6, 6.07) is 10.4. The van der Waals surface area contributed by atoms with Gasteiger partial charge in [-0.2, -0.15) is 9.30 Å². The van der Waals surface area contributed by atoms with E-state index in [9.17, 15) is 18.0 Å². The van der Waals surface area contributed by atoms with E-state index in [0.717, 1.165) is 10.2 Å². The maximum Gasteiger partial charge on any atom is 0.337 e. The highest BCUT2D eigenvalue weighted by Crippen LogP contribution is 2.28. The number of fused-ring (bicyclic) bond motifs is 1. The number of sulfonamides is 1. The second-order valence-corrected chi connectivity index (χ2v) is 10.6. The number of methoxy groups -OCH3 is 2. The molecule has 1 fully saturated rings. The van der Waals surface area contributed by atoms with Crippen LogP contribution in [-0.2, 0) is 26.1 Å². The number of hydrogen-bond donors (Lipinski definition) is 0. The van der Waals surface area contributed by atoms with Crippen molar-refractivity contribution in [1.82, 2.24) is 8.87 Å². The molecule has 0 radical (unpaired) electrons. The Bertz CT molecular complexity index is 1410. The first-order chi connectivity index (χ1) is 16.3. The Kier molecular flexibility index (Phi) is 6.87. The maximum absolute atomic E-state index is 13.2. The molecule has 3 aromatic rings. The second kappa shape index (κ2) is 9.69. The SMILES string of the molecule is CCn1c(=NC(=O)C2CCCN2S(=O)(=O)c2ccc(OC)cc2)sc2cc(C(=O)OC)ccc21. The van der Waals surface area contributed by atoms with Gasteiger partial charge in [-0.15, -0.1) is 0 Å². The summed E-state index contributed by atoms with van der Waals surface area (Å²) in [6.07, 6.45) is 0.977. The molecule has 9 nitrogen and oxygen atoms in total. The number of aryl methyl sites for hydroxylation is 1. The molecule has 0 N–H and O–H groups in total. The Morgan fingerprint density at radius 3 is 2.53 bits per heavy atom. The number of amides is 1. The number of nitrogens with zero attached hydrogens (tertiary/aromatic N) is 3. The summed E-state index contributed by atoms with van der Waals surface area (Å²) in [5, 5.41) is 0. The minimum Gasteiger partial charge on any atom is -0.497 e. The summed E-state index contributed by atoms with van der Waals surface area (Å²) in [5.41, 5.74) is 1.24. The van der Waals surface area contributed by atoms with Gasteiger partial charge in [-0.3, -0.25) is 4.79 Å². The number of aromatic nitrogens is 1. The zero-order valence-corrected chi connectivity index (χ0v) is 20.7. The fourth-order valence-electron chi connectivity index (χ4n) is 4.04. The van der Waals surface area contributed by atoms with Crippen molar-refractivity contribution in [2.24, 2.45) is 4.99 Å². The van der Waals surface area contributed by atoms with Crippen LogP contribution in [0.1, 0.15) is 30.1 Å². The smallest absolute Gasteiger partial charge is 0.337 e. The van der Waals surface area contributed by atoms with Crippen molar-refractivity contribution in [3.63, 3.8) is 0 Å². The Morgan fingerprint density at radius 1 is 1.15 bits per heavy atom. The number of carbonyl (C=O) groups is 2. The van der Waals surface area contributed by atoms with Crippen molar-refractivity contribution in [3.8, 4) is 5.75 Å².